The number of nitrogens with one attached hydrogen (secondary N) is 3. The maximum atomic E-state index is 12.9. The summed E-state index contributed by atoms with van der Waals surface area (Å²) in [6.07, 6.45) is 1.47. The van der Waals surface area contributed by atoms with Gasteiger partial charge in [-0.1, -0.05) is 55.1 Å². The van der Waals surface area contributed by atoms with Crippen LogP contribution in [0.25, 0.3) is 0 Å². The molecule has 0 fully saturated rings. The van der Waals surface area contributed by atoms with E-state index in [4.69, 9.17) is 9.47 Å². The normalized spacial score (nSPS) is 14.8. The zero-order chi connectivity index (χ0) is 23.4. The van der Waals surface area contributed by atoms with Gasteiger partial charge in [0.25, 0.3) is 5.56 Å². The number of allylic oxidation sites excluding steroid dienone is 1. The Labute approximate surface area is 189 Å². The summed E-state index contributed by atoms with van der Waals surface area (Å²) in [5.41, 5.74) is 1.47. The smallest absolute Gasteiger partial charge is 0.337 e. The lowest BCUT2D eigenvalue weighted by atomic mass is 9.82. The number of hydrogen-bond acceptors (Lipinski definition) is 6. The van der Waals surface area contributed by atoms with E-state index in [1.54, 1.807) is 31.2 Å². The molecule has 1 atom stereocenters. The van der Waals surface area contributed by atoms with Gasteiger partial charge in [0.15, 0.2) is 0 Å². The van der Waals surface area contributed by atoms with Crippen molar-refractivity contribution in [3.05, 3.63) is 116 Å². The number of esters is 1. The maximum absolute atomic E-state index is 12.9. The third-order valence-electron chi connectivity index (χ3n) is 5.29. The van der Waals surface area contributed by atoms with E-state index in [1.807, 2.05) is 30.3 Å². The van der Waals surface area contributed by atoms with Crippen molar-refractivity contribution in [1.82, 2.24) is 9.97 Å². The van der Waals surface area contributed by atoms with E-state index in [-0.39, 0.29) is 23.6 Å². The summed E-state index contributed by atoms with van der Waals surface area (Å²) in [6.45, 7) is 5.70. The Hall–Kier alpha value is -4.33. The molecular weight excluding hydrogens is 422 g/mol. The number of anilines is 1. The van der Waals surface area contributed by atoms with Gasteiger partial charge in [-0.05, 0) is 30.2 Å². The summed E-state index contributed by atoms with van der Waals surface area (Å²) >= 11 is 0. The van der Waals surface area contributed by atoms with Crippen LogP contribution in [-0.2, 0) is 16.1 Å². The third kappa shape index (κ3) is 4.64. The molecule has 0 saturated heterocycles. The van der Waals surface area contributed by atoms with Gasteiger partial charge >= 0.3 is 11.7 Å². The molecule has 8 heteroatoms. The minimum Gasteiger partial charge on any atom is -0.489 e. The SMILES string of the molecule is C=CCOC(=O)C1=C(C)Nc2[nH]c(=O)[nH]c(=O)c2[C@H]1c1ccc(OCc2ccccc2)cc1. The zero-order valence-corrected chi connectivity index (χ0v) is 18.0. The van der Waals surface area contributed by atoms with Crippen LogP contribution in [-0.4, -0.2) is 22.5 Å². The molecule has 1 aliphatic rings. The van der Waals surface area contributed by atoms with Gasteiger partial charge in [0, 0.05) is 5.70 Å². The van der Waals surface area contributed by atoms with Gasteiger partial charge in [-0.15, -0.1) is 0 Å². The number of benzene rings is 2. The molecule has 4 rings (SSSR count). The van der Waals surface area contributed by atoms with Crippen LogP contribution < -0.4 is 21.3 Å². The number of carbonyl (C=O) groups is 1. The van der Waals surface area contributed by atoms with E-state index in [0.29, 0.717) is 23.6 Å². The highest BCUT2D eigenvalue weighted by Gasteiger charge is 2.36. The van der Waals surface area contributed by atoms with E-state index in [2.05, 4.69) is 21.9 Å². The quantitative estimate of drug-likeness (QED) is 0.380. The minimum atomic E-state index is -0.748. The van der Waals surface area contributed by atoms with Crippen LogP contribution in [0.3, 0.4) is 0 Å². The van der Waals surface area contributed by atoms with E-state index >= 15 is 0 Å². The van der Waals surface area contributed by atoms with E-state index in [9.17, 15) is 14.4 Å². The van der Waals surface area contributed by atoms with E-state index < -0.39 is 23.1 Å². The topological polar surface area (TPSA) is 113 Å². The van der Waals surface area contributed by atoms with Crippen molar-refractivity contribution in [2.45, 2.75) is 19.4 Å². The molecule has 3 aromatic rings. The fourth-order valence-corrected chi connectivity index (χ4v) is 3.80. The second kappa shape index (κ2) is 9.44. The summed E-state index contributed by atoms with van der Waals surface area (Å²) in [5.74, 6) is -0.438. The van der Waals surface area contributed by atoms with Crippen LogP contribution in [0.2, 0.25) is 0 Å². The number of aromatic nitrogens is 2. The molecule has 1 aliphatic heterocycles. The maximum Gasteiger partial charge on any atom is 0.337 e. The summed E-state index contributed by atoms with van der Waals surface area (Å²) < 4.78 is 11.1. The molecular formula is C25H23N3O5. The third-order valence-corrected chi connectivity index (χ3v) is 5.29. The summed E-state index contributed by atoms with van der Waals surface area (Å²) in [7, 11) is 0. The Kier molecular flexibility index (Phi) is 6.26. The molecule has 0 saturated carbocycles. The highest BCUT2D eigenvalue weighted by molar-refractivity contribution is 5.94. The fraction of sp³-hybridized carbons (Fsp3) is 0.160. The van der Waals surface area contributed by atoms with Crippen molar-refractivity contribution in [2.75, 3.05) is 11.9 Å². The first-order valence-corrected chi connectivity index (χ1v) is 10.4. The number of rotatable bonds is 7. The van der Waals surface area contributed by atoms with Crippen molar-refractivity contribution in [1.29, 1.82) is 0 Å². The lowest BCUT2D eigenvalue weighted by Crippen LogP contribution is -2.35. The predicted molar refractivity (Wildman–Crippen MR) is 124 cm³/mol. The van der Waals surface area contributed by atoms with Crippen LogP contribution in [0.5, 0.6) is 5.75 Å². The standard InChI is InChI=1S/C25H23N3O5/c1-3-13-32-24(30)19-15(2)26-22-21(23(29)28-25(31)27-22)20(19)17-9-11-18(12-10-17)33-14-16-7-5-4-6-8-16/h3-12,20H,1,13-14H2,2H3,(H3,26,27,28,29,31)/t20-/m0/s1. The molecule has 1 aromatic heterocycles. The second-order valence-corrected chi connectivity index (χ2v) is 7.52. The average Bonchev–Trinajstić information content (AvgIpc) is 2.81. The molecule has 0 amide bonds. The van der Waals surface area contributed by atoms with Gasteiger partial charge in [-0.25, -0.2) is 9.59 Å². The number of H-pyrrole nitrogens is 2. The van der Waals surface area contributed by atoms with Crippen LogP contribution in [0.4, 0.5) is 5.82 Å². The molecule has 0 unspecified atom stereocenters. The van der Waals surface area contributed by atoms with Gasteiger partial charge in [0.2, 0.25) is 0 Å². The van der Waals surface area contributed by atoms with Gasteiger partial charge in [0.05, 0.1) is 17.1 Å². The number of aromatic amines is 2. The number of fused-ring (bicyclic) bond motifs is 1. The minimum absolute atomic E-state index is 0.0312. The first kappa shape index (κ1) is 21.9. The number of ether oxygens (including phenoxy) is 2. The lowest BCUT2D eigenvalue weighted by Gasteiger charge is -2.28. The van der Waals surface area contributed by atoms with Crippen LogP contribution in [0.15, 0.2) is 88.1 Å². The average molecular weight is 445 g/mol. The molecule has 168 valence electrons. The van der Waals surface area contributed by atoms with Crippen LogP contribution in [0.1, 0.15) is 29.5 Å². The monoisotopic (exact) mass is 445 g/mol. The molecule has 2 aromatic carbocycles. The highest BCUT2D eigenvalue weighted by atomic mass is 16.5. The summed E-state index contributed by atoms with van der Waals surface area (Å²) in [6, 6.07) is 16.9. The molecule has 0 radical (unpaired) electrons. The molecule has 0 spiro atoms. The Morgan fingerprint density at radius 3 is 2.48 bits per heavy atom. The molecule has 0 aliphatic carbocycles. The second-order valence-electron chi connectivity index (χ2n) is 7.52. The van der Waals surface area contributed by atoms with Crippen LogP contribution in [0, 0.1) is 0 Å². The molecule has 33 heavy (non-hydrogen) atoms. The Morgan fingerprint density at radius 1 is 1.06 bits per heavy atom. The predicted octanol–water partition coefficient (Wildman–Crippen LogP) is 3.20. The molecule has 0 bridgehead atoms. The van der Waals surface area contributed by atoms with Crippen LogP contribution >= 0.6 is 0 Å². The largest absolute Gasteiger partial charge is 0.489 e. The van der Waals surface area contributed by atoms with Crippen molar-refractivity contribution >= 4 is 11.8 Å². The lowest BCUT2D eigenvalue weighted by molar-refractivity contribution is -0.138. The number of carbonyl (C=O) groups excluding carboxylic acids is 1. The Morgan fingerprint density at radius 2 is 1.79 bits per heavy atom. The molecule has 8 nitrogen and oxygen atoms in total. The van der Waals surface area contributed by atoms with Crippen molar-refractivity contribution in [3.63, 3.8) is 0 Å². The first-order valence-electron chi connectivity index (χ1n) is 10.4. The van der Waals surface area contributed by atoms with Gasteiger partial charge < -0.3 is 14.8 Å². The zero-order valence-electron chi connectivity index (χ0n) is 18.0. The first-order chi connectivity index (χ1) is 16.0. The van der Waals surface area contributed by atoms with Gasteiger partial charge in [-0.2, -0.15) is 0 Å². The van der Waals surface area contributed by atoms with Crippen molar-refractivity contribution < 1.29 is 14.3 Å². The molecule has 3 N–H and O–H groups in total. The van der Waals surface area contributed by atoms with E-state index in [0.717, 1.165) is 5.56 Å². The van der Waals surface area contributed by atoms with Crippen molar-refractivity contribution in [2.24, 2.45) is 0 Å². The Balaban J connectivity index is 1.71. The Bertz CT molecular complexity index is 1320. The summed E-state index contributed by atoms with van der Waals surface area (Å²) in [4.78, 5) is 42.3. The summed E-state index contributed by atoms with van der Waals surface area (Å²) in [5, 5.41) is 2.95. The van der Waals surface area contributed by atoms with Gasteiger partial charge in [-0.3, -0.25) is 14.8 Å². The van der Waals surface area contributed by atoms with E-state index in [1.165, 1.54) is 6.08 Å². The fourth-order valence-electron chi connectivity index (χ4n) is 3.80. The number of hydrogen-bond donors (Lipinski definition) is 3. The highest BCUT2D eigenvalue weighted by Crippen LogP contribution is 2.39. The van der Waals surface area contributed by atoms with Crippen molar-refractivity contribution in [3.8, 4) is 5.75 Å². The molecule has 2 heterocycles. The van der Waals surface area contributed by atoms with Gasteiger partial charge in [0.1, 0.15) is 24.8 Å².